The summed E-state index contributed by atoms with van der Waals surface area (Å²) in [5.41, 5.74) is 1.11. The summed E-state index contributed by atoms with van der Waals surface area (Å²) in [6, 6.07) is 10.3. The Morgan fingerprint density at radius 1 is 0.962 bits per heavy atom. The minimum Gasteiger partial charge on any atom is -0.368 e. The molecule has 8 heteroatoms. The molecule has 2 amide bonds. The Bertz CT molecular complexity index is 856. The first-order valence-corrected chi connectivity index (χ1v) is 7.94. The van der Waals surface area contributed by atoms with Crippen LogP contribution in [0.25, 0.3) is 0 Å². The molecular weight excluding hydrogens is 345 g/mol. The van der Waals surface area contributed by atoms with Gasteiger partial charge in [0.2, 0.25) is 0 Å². The van der Waals surface area contributed by atoms with Crippen LogP contribution in [0.5, 0.6) is 0 Å². The second-order valence-electron chi connectivity index (χ2n) is 5.79. The smallest absolute Gasteiger partial charge is 0.322 e. The quantitative estimate of drug-likeness (QED) is 0.836. The van der Waals surface area contributed by atoms with Gasteiger partial charge in [0.25, 0.3) is 0 Å². The highest BCUT2D eigenvalue weighted by Crippen LogP contribution is 2.21. The van der Waals surface area contributed by atoms with Crippen LogP contribution in [0.1, 0.15) is 5.56 Å². The van der Waals surface area contributed by atoms with Crippen molar-refractivity contribution < 1.29 is 18.0 Å². The highest BCUT2D eigenvalue weighted by atomic mass is 19.2. The molecule has 0 radical (unpaired) electrons. The molecule has 5 nitrogen and oxygen atoms in total. The Kier molecular flexibility index (Phi) is 4.98. The van der Waals surface area contributed by atoms with E-state index in [1.54, 1.807) is 12.1 Å². The zero-order valence-corrected chi connectivity index (χ0v) is 13.7. The summed E-state index contributed by atoms with van der Waals surface area (Å²) in [4.78, 5) is 15.8. The average molecular weight is 360 g/mol. The molecule has 0 aromatic heterocycles. The zero-order valence-electron chi connectivity index (χ0n) is 13.7. The highest BCUT2D eigenvalue weighted by Gasteiger charge is 2.23. The Balaban J connectivity index is 1.60. The maximum absolute atomic E-state index is 13.7. The van der Waals surface area contributed by atoms with E-state index in [0.717, 1.165) is 17.8 Å². The average Bonchev–Trinajstić information content (AvgIpc) is 2.68. The van der Waals surface area contributed by atoms with E-state index < -0.39 is 29.2 Å². The number of rotatable bonds is 2. The number of halogens is 3. The van der Waals surface area contributed by atoms with Crippen LogP contribution in [0.2, 0.25) is 0 Å². The van der Waals surface area contributed by atoms with Crippen LogP contribution in [-0.4, -0.2) is 37.1 Å². The summed E-state index contributed by atoms with van der Waals surface area (Å²) < 4.78 is 39.8. The highest BCUT2D eigenvalue weighted by molar-refractivity contribution is 5.89. The summed E-state index contributed by atoms with van der Waals surface area (Å²) >= 11 is 0. The number of amides is 2. The van der Waals surface area contributed by atoms with E-state index in [1.807, 2.05) is 12.1 Å². The number of anilines is 2. The molecule has 1 fully saturated rings. The molecule has 1 heterocycles. The van der Waals surface area contributed by atoms with Crippen LogP contribution >= 0.6 is 0 Å². The van der Waals surface area contributed by atoms with Crippen LogP contribution in [0.15, 0.2) is 36.4 Å². The second kappa shape index (κ2) is 7.35. The first kappa shape index (κ1) is 17.6. The second-order valence-corrected chi connectivity index (χ2v) is 5.79. The van der Waals surface area contributed by atoms with Crippen molar-refractivity contribution in [1.82, 2.24) is 4.90 Å². The van der Waals surface area contributed by atoms with Crippen molar-refractivity contribution >= 4 is 17.4 Å². The third kappa shape index (κ3) is 3.57. The van der Waals surface area contributed by atoms with Crippen LogP contribution in [0, 0.1) is 28.8 Å². The molecule has 3 rings (SSSR count). The van der Waals surface area contributed by atoms with Gasteiger partial charge in [-0.3, -0.25) is 0 Å². The standard InChI is InChI=1S/C18H15F3N4O/c19-14-5-6-15(17(21)16(14)20)23-18(26)25-9-7-24(8-10-25)13-3-1-12(11-22)2-4-13/h1-6H,7-10H2,(H,23,26). The van der Waals surface area contributed by atoms with Crippen LogP contribution < -0.4 is 10.2 Å². The van der Waals surface area contributed by atoms with E-state index >= 15 is 0 Å². The molecule has 0 unspecified atom stereocenters. The van der Waals surface area contributed by atoms with E-state index in [-0.39, 0.29) is 0 Å². The number of benzene rings is 2. The Morgan fingerprint density at radius 2 is 1.62 bits per heavy atom. The molecule has 0 spiro atoms. The van der Waals surface area contributed by atoms with Gasteiger partial charge in [-0.2, -0.15) is 5.26 Å². The predicted molar refractivity (Wildman–Crippen MR) is 90.3 cm³/mol. The molecule has 134 valence electrons. The lowest BCUT2D eigenvalue weighted by molar-refractivity contribution is 0.208. The third-order valence-corrected chi connectivity index (χ3v) is 4.21. The van der Waals surface area contributed by atoms with Gasteiger partial charge in [-0.05, 0) is 36.4 Å². The summed E-state index contributed by atoms with van der Waals surface area (Å²) in [7, 11) is 0. The van der Waals surface area contributed by atoms with E-state index in [4.69, 9.17) is 5.26 Å². The van der Waals surface area contributed by atoms with Gasteiger partial charge < -0.3 is 15.1 Å². The van der Waals surface area contributed by atoms with E-state index in [2.05, 4.69) is 16.3 Å². The number of carbonyl (C=O) groups is 1. The maximum atomic E-state index is 13.7. The molecule has 1 aliphatic heterocycles. The molecule has 1 saturated heterocycles. The zero-order chi connectivity index (χ0) is 18.7. The monoisotopic (exact) mass is 360 g/mol. The SMILES string of the molecule is N#Cc1ccc(N2CCN(C(=O)Nc3ccc(F)c(F)c3F)CC2)cc1. The number of urea groups is 1. The van der Waals surface area contributed by atoms with E-state index in [1.165, 1.54) is 4.90 Å². The minimum atomic E-state index is -1.62. The largest absolute Gasteiger partial charge is 0.368 e. The number of hydrogen-bond donors (Lipinski definition) is 1. The molecule has 0 aliphatic carbocycles. The predicted octanol–water partition coefficient (Wildman–Crippen LogP) is 3.33. The maximum Gasteiger partial charge on any atom is 0.322 e. The van der Waals surface area contributed by atoms with Crippen molar-refractivity contribution in [2.24, 2.45) is 0 Å². The van der Waals surface area contributed by atoms with Crippen LogP contribution in [0.4, 0.5) is 29.3 Å². The van der Waals surface area contributed by atoms with Crippen LogP contribution in [-0.2, 0) is 0 Å². The number of nitrogens with one attached hydrogen (secondary N) is 1. The molecule has 0 saturated carbocycles. The Hall–Kier alpha value is -3.21. The lowest BCUT2D eigenvalue weighted by atomic mass is 10.2. The normalized spacial score (nSPS) is 14.1. The third-order valence-electron chi connectivity index (χ3n) is 4.21. The van der Waals surface area contributed by atoms with Gasteiger partial charge in [-0.1, -0.05) is 0 Å². The fraction of sp³-hybridized carbons (Fsp3) is 0.222. The molecule has 1 aliphatic rings. The van der Waals surface area contributed by atoms with Gasteiger partial charge in [0, 0.05) is 31.9 Å². The van der Waals surface area contributed by atoms with Gasteiger partial charge in [0.1, 0.15) is 0 Å². The molecule has 26 heavy (non-hydrogen) atoms. The number of hydrogen-bond acceptors (Lipinski definition) is 3. The first-order valence-electron chi connectivity index (χ1n) is 7.94. The van der Waals surface area contributed by atoms with Gasteiger partial charge in [-0.25, -0.2) is 18.0 Å². The topological polar surface area (TPSA) is 59.4 Å². The molecule has 0 bridgehead atoms. The van der Waals surface area contributed by atoms with Crippen molar-refractivity contribution in [3.63, 3.8) is 0 Å². The molecule has 2 aromatic rings. The van der Waals surface area contributed by atoms with E-state index in [0.29, 0.717) is 31.7 Å². The molecular formula is C18H15F3N4O. The number of carbonyl (C=O) groups excluding carboxylic acids is 1. The summed E-state index contributed by atoms with van der Waals surface area (Å²) in [5, 5.41) is 11.1. The van der Waals surface area contributed by atoms with Crippen molar-refractivity contribution in [1.29, 1.82) is 5.26 Å². The fourth-order valence-electron chi connectivity index (χ4n) is 2.73. The fourth-order valence-corrected chi connectivity index (χ4v) is 2.73. The number of nitriles is 1. The van der Waals surface area contributed by atoms with Gasteiger partial charge in [-0.15, -0.1) is 0 Å². The summed E-state index contributed by atoms with van der Waals surface area (Å²) in [6.07, 6.45) is 0. The molecule has 2 aromatic carbocycles. The lowest BCUT2D eigenvalue weighted by Crippen LogP contribution is -2.50. The van der Waals surface area contributed by atoms with Crippen molar-refractivity contribution in [2.45, 2.75) is 0 Å². The lowest BCUT2D eigenvalue weighted by Gasteiger charge is -2.36. The Labute approximate surface area is 148 Å². The van der Waals surface area contributed by atoms with E-state index in [9.17, 15) is 18.0 Å². The van der Waals surface area contributed by atoms with Crippen LogP contribution in [0.3, 0.4) is 0 Å². The number of piperazine rings is 1. The number of nitrogens with zero attached hydrogens (tertiary/aromatic N) is 3. The first-order chi connectivity index (χ1) is 12.5. The van der Waals surface area contributed by atoms with Crippen molar-refractivity contribution in [2.75, 3.05) is 36.4 Å². The Morgan fingerprint density at radius 3 is 2.23 bits per heavy atom. The van der Waals surface area contributed by atoms with Crippen molar-refractivity contribution in [3.05, 3.63) is 59.4 Å². The molecule has 1 N–H and O–H groups in total. The van der Waals surface area contributed by atoms with Gasteiger partial charge >= 0.3 is 6.03 Å². The molecule has 0 atom stereocenters. The summed E-state index contributed by atoms with van der Waals surface area (Å²) in [6.45, 7) is 1.88. The van der Waals surface area contributed by atoms with Gasteiger partial charge in [0.05, 0.1) is 17.3 Å². The van der Waals surface area contributed by atoms with Crippen molar-refractivity contribution in [3.8, 4) is 6.07 Å². The summed E-state index contributed by atoms with van der Waals surface area (Å²) in [5.74, 6) is -4.35. The minimum absolute atomic E-state index is 0.386. The van der Waals surface area contributed by atoms with Gasteiger partial charge in [0.15, 0.2) is 17.5 Å².